The van der Waals surface area contributed by atoms with Crippen LogP contribution in [0.25, 0.3) is 0 Å². The van der Waals surface area contributed by atoms with Crippen LogP contribution in [0.1, 0.15) is 98.8 Å². The molecule has 7 heteroatoms. The first-order valence-corrected chi connectivity index (χ1v) is 14.8. The van der Waals surface area contributed by atoms with E-state index >= 15 is 0 Å². The normalized spacial score (nSPS) is 44.6. The van der Waals surface area contributed by atoms with Gasteiger partial charge in [-0.2, -0.15) is 0 Å². The Morgan fingerprint density at radius 3 is 2.41 bits per heavy atom. The number of rotatable bonds is 8. The summed E-state index contributed by atoms with van der Waals surface area (Å²) in [5, 5.41) is 33.4. The van der Waals surface area contributed by atoms with Gasteiger partial charge in [0.15, 0.2) is 6.61 Å². The lowest BCUT2D eigenvalue weighted by atomic mass is 9.43. The lowest BCUT2D eigenvalue weighted by Crippen LogP contribution is -2.62. The summed E-state index contributed by atoms with van der Waals surface area (Å²) in [7, 11) is 0. The maximum Gasteiger partial charge on any atom is 0.344 e. The Hall–Kier alpha value is -1.18. The molecular weight excluding hydrogens is 472 g/mol. The van der Waals surface area contributed by atoms with E-state index in [0.717, 1.165) is 38.5 Å². The molecule has 0 saturated heterocycles. The van der Waals surface area contributed by atoms with E-state index in [0.29, 0.717) is 25.2 Å². The van der Waals surface area contributed by atoms with Gasteiger partial charge in [0.1, 0.15) is 0 Å². The molecule has 4 rings (SSSR count). The molecule has 0 heterocycles. The van der Waals surface area contributed by atoms with E-state index in [1.807, 2.05) is 13.8 Å². The molecule has 0 aromatic carbocycles. The predicted molar refractivity (Wildman–Crippen MR) is 139 cm³/mol. The van der Waals surface area contributed by atoms with Crippen LogP contribution < -0.4 is 0 Å². The van der Waals surface area contributed by atoms with Crippen LogP contribution in [0, 0.1) is 46.3 Å². The van der Waals surface area contributed by atoms with Crippen molar-refractivity contribution >= 4 is 11.9 Å². The van der Waals surface area contributed by atoms with Gasteiger partial charge >= 0.3 is 11.9 Å². The first-order chi connectivity index (χ1) is 17.4. The Morgan fingerprint density at radius 2 is 1.70 bits per heavy atom. The van der Waals surface area contributed by atoms with Crippen molar-refractivity contribution < 1.29 is 34.4 Å². The molecule has 0 amide bonds. The standard InChI is InChI=1S/C30H50O7/c1-6-18(3)37-27(35)16-36-26(34)10-7-17(2)21-8-9-22-28-23(15-25(33)30(21,22)5)29(4)12-11-20(31)13-19(29)14-24(28)32/h17-25,28,31-33H,6-16H2,1-5H3/t17-,18?,19+,20-,21-,22+,23+,24-,25+,28+,29+,30-/m1/s1. The lowest BCUT2D eigenvalue weighted by Gasteiger charge is -2.63. The van der Waals surface area contributed by atoms with E-state index in [2.05, 4.69) is 20.8 Å². The number of esters is 2. The molecule has 4 aliphatic carbocycles. The molecule has 7 nitrogen and oxygen atoms in total. The summed E-state index contributed by atoms with van der Waals surface area (Å²) >= 11 is 0. The number of ether oxygens (including phenoxy) is 2. The molecule has 37 heavy (non-hydrogen) atoms. The predicted octanol–water partition coefficient (Wildman–Crippen LogP) is 4.25. The van der Waals surface area contributed by atoms with Gasteiger partial charge < -0.3 is 24.8 Å². The molecule has 12 atom stereocenters. The van der Waals surface area contributed by atoms with E-state index < -0.39 is 18.0 Å². The molecule has 3 N–H and O–H groups in total. The minimum absolute atomic E-state index is 0.0645. The van der Waals surface area contributed by atoms with Gasteiger partial charge in [-0.05, 0) is 111 Å². The molecule has 0 aromatic rings. The molecule has 0 aliphatic heterocycles. The Kier molecular flexibility index (Phi) is 8.67. The number of carbonyl (C=O) groups excluding carboxylic acids is 2. The molecule has 212 valence electrons. The Morgan fingerprint density at radius 1 is 0.973 bits per heavy atom. The highest BCUT2D eigenvalue weighted by molar-refractivity contribution is 5.76. The van der Waals surface area contributed by atoms with Crippen LogP contribution in [-0.2, 0) is 19.1 Å². The topological polar surface area (TPSA) is 113 Å². The number of carbonyl (C=O) groups is 2. The molecule has 1 unspecified atom stereocenters. The highest BCUT2D eigenvalue weighted by Crippen LogP contribution is 2.68. The fraction of sp³-hybridized carbons (Fsp3) is 0.933. The second-order valence-electron chi connectivity index (χ2n) is 13.4. The fourth-order valence-corrected chi connectivity index (χ4v) is 9.23. The summed E-state index contributed by atoms with van der Waals surface area (Å²) in [5.74, 6) is 0.611. The van der Waals surface area contributed by atoms with E-state index in [4.69, 9.17) is 9.47 Å². The van der Waals surface area contributed by atoms with Crippen molar-refractivity contribution in [1.29, 1.82) is 0 Å². The summed E-state index contributed by atoms with van der Waals surface area (Å²) < 4.78 is 10.3. The highest BCUT2D eigenvalue weighted by Gasteiger charge is 2.65. The van der Waals surface area contributed by atoms with Gasteiger partial charge in [0, 0.05) is 6.42 Å². The van der Waals surface area contributed by atoms with Crippen LogP contribution in [0.3, 0.4) is 0 Å². The van der Waals surface area contributed by atoms with Crippen LogP contribution >= 0.6 is 0 Å². The third kappa shape index (κ3) is 5.34. The van der Waals surface area contributed by atoms with Crippen LogP contribution in [0.15, 0.2) is 0 Å². The molecule has 0 spiro atoms. The number of hydrogen-bond donors (Lipinski definition) is 3. The van der Waals surface area contributed by atoms with E-state index in [-0.39, 0.29) is 71.8 Å². The number of aliphatic hydroxyl groups is 3. The average molecular weight is 523 g/mol. The third-order valence-corrected chi connectivity index (χ3v) is 11.6. The van der Waals surface area contributed by atoms with Crippen molar-refractivity contribution in [3.63, 3.8) is 0 Å². The van der Waals surface area contributed by atoms with Crippen molar-refractivity contribution in [3.8, 4) is 0 Å². The van der Waals surface area contributed by atoms with Crippen LogP contribution in [0.5, 0.6) is 0 Å². The molecule has 0 bridgehead atoms. The minimum atomic E-state index is -0.517. The Bertz CT molecular complexity index is 831. The van der Waals surface area contributed by atoms with Crippen LogP contribution in [-0.4, -0.2) is 58.3 Å². The maximum atomic E-state index is 12.3. The number of fused-ring (bicyclic) bond motifs is 5. The fourth-order valence-electron chi connectivity index (χ4n) is 9.23. The smallest absolute Gasteiger partial charge is 0.344 e. The van der Waals surface area contributed by atoms with Crippen molar-refractivity contribution in [2.75, 3.05) is 6.61 Å². The van der Waals surface area contributed by atoms with E-state index in [1.54, 1.807) is 0 Å². The molecule has 4 saturated carbocycles. The van der Waals surface area contributed by atoms with Gasteiger partial charge in [0.25, 0.3) is 0 Å². The molecule has 0 radical (unpaired) electrons. The van der Waals surface area contributed by atoms with Gasteiger partial charge in [-0.15, -0.1) is 0 Å². The van der Waals surface area contributed by atoms with Gasteiger partial charge in [0.2, 0.25) is 0 Å². The Labute approximate surface area is 222 Å². The largest absolute Gasteiger partial charge is 0.460 e. The van der Waals surface area contributed by atoms with Gasteiger partial charge in [-0.3, -0.25) is 4.79 Å². The maximum absolute atomic E-state index is 12.3. The zero-order chi connectivity index (χ0) is 27.1. The summed E-state index contributed by atoms with van der Waals surface area (Å²) in [6.07, 6.45) is 6.31. The van der Waals surface area contributed by atoms with E-state index in [9.17, 15) is 24.9 Å². The summed E-state index contributed by atoms with van der Waals surface area (Å²) in [6.45, 7) is 10.1. The van der Waals surface area contributed by atoms with Gasteiger partial charge in [-0.1, -0.05) is 27.7 Å². The second-order valence-corrected chi connectivity index (χ2v) is 13.4. The van der Waals surface area contributed by atoms with Gasteiger partial charge in [-0.25, -0.2) is 4.79 Å². The second kappa shape index (κ2) is 11.1. The zero-order valence-electron chi connectivity index (χ0n) is 23.5. The van der Waals surface area contributed by atoms with Crippen LogP contribution in [0.4, 0.5) is 0 Å². The molecule has 0 aromatic heterocycles. The summed E-state index contributed by atoms with van der Waals surface area (Å²) in [5.41, 5.74) is -0.224. The van der Waals surface area contributed by atoms with Gasteiger partial charge in [0.05, 0.1) is 24.4 Å². The molecular formula is C30H50O7. The monoisotopic (exact) mass is 522 g/mol. The van der Waals surface area contributed by atoms with Crippen molar-refractivity contribution in [1.82, 2.24) is 0 Å². The van der Waals surface area contributed by atoms with Crippen LogP contribution in [0.2, 0.25) is 0 Å². The van der Waals surface area contributed by atoms with E-state index in [1.165, 1.54) is 0 Å². The number of aliphatic hydroxyl groups excluding tert-OH is 3. The first-order valence-electron chi connectivity index (χ1n) is 14.8. The summed E-state index contributed by atoms with van der Waals surface area (Å²) in [6, 6.07) is 0. The summed E-state index contributed by atoms with van der Waals surface area (Å²) in [4.78, 5) is 24.2. The quantitative estimate of drug-likeness (QED) is 0.409. The first kappa shape index (κ1) is 28.8. The molecule has 4 fully saturated rings. The molecule has 4 aliphatic rings. The van der Waals surface area contributed by atoms with Crippen molar-refractivity contribution in [2.24, 2.45) is 46.3 Å². The average Bonchev–Trinajstić information content (AvgIpc) is 3.21. The van der Waals surface area contributed by atoms with Crippen molar-refractivity contribution in [3.05, 3.63) is 0 Å². The SMILES string of the molecule is CCC(C)OC(=O)COC(=O)CC[C@@H](C)[C@H]1CC[C@H]2[C@@H]3[C@H](O)C[C@@H]4C[C@H](O)CC[C@]4(C)[C@H]3C[C@H](O)[C@]12C. The Balaban J connectivity index is 1.38. The minimum Gasteiger partial charge on any atom is -0.460 e. The zero-order valence-corrected chi connectivity index (χ0v) is 23.5. The highest BCUT2D eigenvalue weighted by atomic mass is 16.6. The third-order valence-electron chi connectivity index (χ3n) is 11.6. The number of hydrogen-bond acceptors (Lipinski definition) is 7. The van der Waals surface area contributed by atoms with Crippen molar-refractivity contribution in [2.45, 2.75) is 123 Å². The lowest BCUT2D eigenvalue weighted by molar-refractivity contribution is -0.207.